The molecule has 1 aliphatic rings. The average Bonchev–Trinajstić information content (AvgIpc) is 2.29. The first-order valence-electron chi connectivity index (χ1n) is 4.68. The molecule has 1 unspecified atom stereocenters. The van der Waals surface area contributed by atoms with Gasteiger partial charge in [-0.1, -0.05) is 0 Å². The second-order valence-electron chi connectivity index (χ2n) is 3.39. The smallest absolute Gasteiger partial charge is 0.317 e. The summed E-state index contributed by atoms with van der Waals surface area (Å²) >= 11 is 1.36. The van der Waals surface area contributed by atoms with Crippen LogP contribution in [0.25, 0.3) is 0 Å². The van der Waals surface area contributed by atoms with E-state index < -0.39 is 17.7 Å². The molecular formula is C11H9FO3S. The predicted molar refractivity (Wildman–Crippen MR) is 57.0 cm³/mol. The highest BCUT2D eigenvalue weighted by molar-refractivity contribution is 7.99. The van der Waals surface area contributed by atoms with Crippen molar-refractivity contribution < 1.29 is 18.7 Å². The fourth-order valence-corrected chi connectivity index (χ4v) is 2.69. The second kappa shape index (κ2) is 4.25. The number of esters is 1. The van der Waals surface area contributed by atoms with Crippen molar-refractivity contribution in [2.24, 2.45) is 5.92 Å². The van der Waals surface area contributed by atoms with Crippen LogP contribution < -0.4 is 0 Å². The van der Waals surface area contributed by atoms with Crippen molar-refractivity contribution in [1.29, 1.82) is 0 Å². The Kier molecular flexibility index (Phi) is 2.96. The van der Waals surface area contributed by atoms with Crippen LogP contribution in [0.15, 0.2) is 23.1 Å². The highest BCUT2D eigenvalue weighted by Gasteiger charge is 2.34. The van der Waals surface area contributed by atoms with Gasteiger partial charge in [0.2, 0.25) is 0 Å². The third-order valence-electron chi connectivity index (χ3n) is 2.41. The lowest BCUT2D eigenvalue weighted by molar-refractivity contribution is -0.142. The number of ketones is 1. The van der Waals surface area contributed by atoms with Crippen molar-refractivity contribution in [2.45, 2.75) is 4.90 Å². The van der Waals surface area contributed by atoms with E-state index in [-0.39, 0.29) is 11.3 Å². The fourth-order valence-electron chi connectivity index (χ4n) is 1.57. The van der Waals surface area contributed by atoms with Gasteiger partial charge in [-0.05, 0) is 18.2 Å². The number of carbonyl (C=O) groups is 2. The average molecular weight is 240 g/mol. The summed E-state index contributed by atoms with van der Waals surface area (Å²) < 4.78 is 17.5. The Morgan fingerprint density at radius 1 is 1.56 bits per heavy atom. The summed E-state index contributed by atoms with van der Waals surface area (Å²) in [6.07, 6.45) is 0. The third-order valence-corrected chi connectivity index (χ3v) is 3.58. The molecule has 1 aromatic carbocycles. The molecule has 16 heavy (non-hydrogen) atoms. The van der Waals surface area contributed by atoms with Gasteiger partial charge in [-0.3, -0.25) is 9.59 Å². The number of halogens is 1. The van der Waals surface area contributed by atoms with E-state index in [4.69, 9.17) is 0 Å². The van der Waals surface area contributed by atoms with Gasteiger partial charge in [0.1, 0.15) is 11.7 Å². The lowest BCUT2D eigenvalue weighted by Crippen LogP contribution is -2.30. The van der Waals surface area contributed by atoms with Crippen molar-refractivity contribution in [3.05, 3.63) is 29.6 Å². The van der Waals surface area contributed by atoms with Crippen molar-refractivity contribution in [1.82, 2.24) is 0 Å². The molecule has 1 heterocycles. The van der Waals surface area contributed by atoms with E-state index in [0.29, 0.717) is 10.6 Å². The van der Waals surface area contributed by atoms with E-state index >= 15 is 0 Å². The van der Waals surface area contributed by atoms with Crippen molar-refractivity contribution >= 4 is 23.5 Å². The predicted octanol–water partition coefficient (Wildman–Crippen LogP) is 1.90. The summed E-state index contributed by atoms with van der Waals surface area (Å²) in [7, 11) is 1.24. The normalized spacial score (nSPS) is 19.1. The first-order valence-corrected chi connectivity index (χ1v) is 5.66. The lowest BCUT2D eigenvalue weighted by Gasteiger charge is -2.20. The molecule has 0 N–H and O–H groups in total. The van der Waals surface area contributed by atoms with Crippen LogP contribution in [-0.2, 0) is 9.53 Å². The molecule has 0 fully saturated rings. The maximum atomic E-state index is 13.0. The molecule has 0 saturated heterocycles. The van der Waals surface area contributed by atoms with Crippen LogP contribution >= 0.6 is 11.8 Å². The lowest BCUT2D eigenvalue weighted by atomic mass is 9.98. The van der Waals surface area contributed by atoms with E-state index in [1.165, 1.54) is 31.0 Å². The minimum Gasteiger partial charge on any atom is -0.468 e. The molecular weight excluding hydrogens is 231 g/mol. The number of Topliss-reactive ketones (excluding diaryl/α,β-unsaturated/α-hetero) is 1. The maximum absolute atomic E-state index is 13.0. The first-order chi connectivity index (χ1) is 7.63. The number of hydrogen-bond acceptors (Lipinski definition) is 4. The molecule has 0 radical (unpaired) electrons. The summed E-state index contributed by atoms with van der Waals surface area (Å²) in [5.74, 6) is -1.86. The van der Waals surface area contributed by atoms with E-state index in [1.807, 2.05) is 0 Å². The molecule has 2 rings (SSSR count). The Morgan fingerprint density at radius 3 is 3.00 bits per heavy atom. The molecule has 1 atom stereocenters. The van der Waals surface area contributed by atoms with E-state index in [2.05, 4.69) is 4.74 Å². The summed E-state index contributed by atoms with van der Waals surface area (Å²) in [5.41, 5.74) is 0.270. The largest absolute Gasteiger partial charge is 0.468 e. The first kappa shape index (κ1) is 11.1. The van der Waals surface area contributed by atoms with Crippen molar-refractivity contribution in [3.63, 3.8) is 0 Å². The molecule has 0 spiro atoms. The monoisotopic (exact) mass is 240 g/mol. The van der Waals surface area contributed by atoms with Gasteiger partial charge in [-0.2, -0.15) is 0 Å². The fraction of sp³-hybridized carbons (Fsp3) is 0.273. The molecule has 1 aromatic rings. The Morgan fingerprint density at radius 2 is 2.31 bits per heavy atom. The van der Waals surface area contributed by atoms with E-state index in [0.717, 1.165) is 0 Å². The zero-order valence-corrected chi connectivity index (χ0v) is 9.34. The van der Waals surface area contributed by atoms with Crippen molar-refractivity contribution in [2.75, 3.05) is 12.9 Å². The highest BCUT2D eigenvalue weighted by Crippen LogP contribution is 2.33. The molecule has 84 valence electrons. The SMILES string of the molecule is COC(=O)C1CSc2ccc(F)cc2C1=O. The molecule has 1 aliphatic heterocycles. The van der Waals surface area contributed by atoms with Gasteiger partial charge in [0, 0.05) is 16.2 Å². The van der Waals surface area contributed by atoms with Crippen LogP contribution in [-0.4, -0.2) is 24.6 Å². The van der Waals surface area contributed by atoms with Crippen LogP contribution in [0.2, 0.25) is 0 Å². The van der Waals surface area contributed by atoms with Gasteiger partial charge in [-0.15, -0.1) is 11.8 Å². The van der Waals surface area contributed by atoms with Gasteiger partial charge >= 0.3 is 5.97 Å². The number of methoxy groups -OCH3 is 1. The minimum atomic E-state index is -0.815. The minimum absolute atomic E-state index is 0.270. The van der Waals surface area contributed by atoms with Gasteiger partial charge in [0.05, 0.1) is 7.11 Å². The number of fused-ring (bicyclic) bond motifs is 1. The topological polar surface area (TPSA) is 43.4 Å². The maximum Gasteiger partial charge on any atom is 0.317 e. The number of thioether (sulfide) groups is 1. The Balaban J connectivity index is 2.38. The van der Waals surface area contributed by atoms with Crippen LogP contribution in [0.1, 0.15) is 10.4 Å². The molecule has 0 bridgehead atoms. The number of ether oxygens (including phenoxy) is 1. The van der Waals surface area contributed by atoms with Crippen molar-refractivity contribution in [3.8, 4) is 0 Å². The summed E-state index contributed by atoms with van der Waals surface area (Å²) in [6.45, 7) is 0. The summed E-state index contributed by atoms with van der Waals surface area (Å²) in [4.78, 5) is 23.9. The number of carbonyl (C=O) groups excluding carboxylic acids is 2. The number of benzene rings is 1. The third kappa shape index (κ3) is 1.82. The quantitative estimate of drug-likeness (QED) is 0.555. The number of hydrogen-bond donors (Lipinski definition) is 0. The second-order valence-corrected chi connectivity index (χ2v) is 4.45. The van der Waals surface area contributed by atoms with E-state index in [9.17, 15) is 14.0 Å². The molecule has 0 amide bonds. The Bertz CT molecular complexity index is 459. The summed E-state index contributed by atoms with van der Waals surface area (Å²) in [6, 6.07) is 4.03. The van der Waals surface area contributed by atoms with Gasteiger partial charge in [0.25, 0.3) is 0 Å². The highest BCUT2D eigenvalue weighted by atomic mass is 32.2. The number of rotatable bonds is 1. The molecule has 0 aliphatic carbocycles. The zero-order valence-electron chi connectivity index (χ0n) is 8.53. The van der Waals surface area contributed by atoms with Gasteiger partial charge < -0.3 is 4.74 Å². The van der Waals surface area contributed by atoms with Gasteiger partial charge in [0.15, 0.2) is 5.78 Å². The zero-order chi connectivity index (χ0) is 11.7. The molecule has 0 saturated carbocycles. The van der Waals surface area contributed by atoms with Crippen LogP contribution in [0.5, 0.6) is 0 Å². The Labute approximate surface area is 96.0 Å². The molecule has 0 aromatic heterocycles. The van der Waals surface area contributed by atoms with Crippen LogP contribution in [0, 0.1) is 11.7 Å². The standard InChI is InChI=1S/C11H9FO3S/c1-15-11(14)8-5-16-9-3-2-6(12)4-7(9)10(8)13/h2-4,8H,5H2,1H3. The van der Waals surface area contributed by atoms with E-state index in [1.54, 1.807) is 6.07 Å². The molecule has 3 nitrogen and oxygen atoms in total. The Hall–Kier alpha value is -1.36. The van der Waals surface area contributed by atoms with Gasteiger partial charge in [-0.25, -0.2) is 4.39 Å². The molecule has 5 heteroatoms. The summed E-state index contributed by atoms with van der Waals surface area (Å²) in [5, 5.41) is 0. The van der Waals surface area contributed by atoms with Crippen LogP contribution in [0.4, 0.5) is 4.39 Å². The van der Waals surface area contributed by atoms with Crippen LogP contribution in [0.3, 0.4) is 0 Å².